The summed E-state index contributed by atoms with van der Waals surface area (Å²) in [4.78, 5) is 40.3. The number of benzene rings is 3. The molecule has 0 saturated heterocycles. The van der Waals surface area contributed by atoms with Crippen molar-refractivity contribution in [3.63, 3.8) is 0 Å². The lowest BCUT2D eigenvalue weighted by Crippen LogP contribution is -2.32. The van der Waals surface area contributed by atoms with Crippen LogP contribution in [0.4, 0.5) is 17.1 Å². The average molecular weight is 530 g/mol. The predicted molar refractivity (Wildman–Crippen MR) is 154 cm³/mol. The first-order valence-corrected chi connectivity index (χ1v) is 13.4. The number of anilines is 3. The number of nitrogens with zero attached hydrogens (tertiary/aromatic N) is 1. The molecule has 0 fully saturated rings. The SMILES string of the molecule is CCCCc1ccc(N2C(=O)C(Cl)=C(Nc3cccc(C(=O)Nc4c(CC)cccc4CC)c3)C2=O)cc1. The highest BCUT2D eigenvalue weighted by atomic mass is 35.5. The fraction of sp³-hybridized carbons (Fsp3) is 0.258. The summed E-state index contributed by atoms with van der Waals surface area (Å²) in [6, 6.07) is 20.2. The Balaban J connectivity index is 1.52. The van der Waals surface area contributed by atoms with E-state index in [1.807, 2.05) is 30.3 Å². The number of nitrogens with one attached hydrogen (secondary N) is 2. The molecule has 3 amide bonds. The standard InChI is InChI=1S/C31H32ClN3O3/c1-4-7-10-20-15-17-25(18-16-20)35-30(37)26(32)28(31(35)38)33-24-14-9-13-23(19-24)29(36)34-27-21(5-2)11-8-12-22(27)6-3/h8-9,11-19,33H,4-7,10H2,1-3H3,(H,34,36). The van der Waals surface area contributed by atoms with Crippen LogP contribution in [0.2, 0.25) is 0 Å². The van der Waals surface area contributed by atoms with E-state index >= 15 is 0 Å². The number of imide groups is 1. The maximum absolute atomic E-state index is 13.2. The number of aryl methyl sites for hydroxylation is 3. The molecule has 3 aromatic carbocycles. The number of halogens is 1. The van der Waals surface area contributed by atoms with E-state index in [1.54, 1.807) is 36.4 Å². The summed E-state index contributed by atoms with van der Waals surface area (Å²) in [7, 11) is 0. The fourth-order valence-corrected chi connectivity index (χ4v) is 4.72. The van der Waals surface area contributed by atoms with Gasteiger partial charge in [0.05, 0.1) is 5.69 Å². The molecule has 0 saturated carbocycles. The molecular weight excluding hydrogens is 498 g/mol. The third-order valence-corrected chi connectivity index (χ3v) is 7.02. The minimum atomic E-state index is -0.586. The van der Waals surface area contributed by atoms with Crippen molar-refractivity contribution < 1.29 is 14.4 Å². The molecule has 0 aromatic heterocycles. The summed E-state index contributed by atoms with van der Waals surface area (Å²) in [6.45, 7) is 6.24. The molecule has 38 heavy (non-hydrogen) atoms. The van der Waals surface area contributed by atoms with Crippen LogP contribution in [0.1, 0.15) is 60.7 Å². The Labute approximate surface area is 228 Å². The van der Waals surface area contributed by atoms with Gasteiger partial charge in [-0.05, 0) is 72.7 Å². The molecule has 1 aliphatic heterocycles. The lowest BCUT2D eigenvalue weighted by Gasteiger charge is -2.16. The van der Waals surface area contributed by atoms with Gasteiger partial charge in [0.25, 0.3) is 17.7 Å². The summed E-state index contributed by atoms with van der Waals surface area (Å²) in [5.41, 5.74) is 5.45. The van der Waals surface area contributed by atoms with Crippen molar-refractivity contribution in [1.82, 2.24) is 0 Å². The van der Waals surface area contributed by atoms with Gasteiger partial charge >= 0.3 is 0 Å². The van der Waals surface area contributed by atoms with Crippen molar-refractivity contribution in [2.45, 2.75) is 52.9 Å². The summed E-state index contributed by atoms with van der Waals surface area (Å²) in [5, 5.41) is 5.83. The molecule has 0 atom stereocenters. The number of carbonyl (C=O) groups is 3. The van der Waals surface area contributed by atoms with Gasteiger partial charge in [0.15, 0.2) is 0 Å². The number of unbranched alkanes of at least 4 members (excludes halogenated alkanes) is 1. The zero-order chi connectivity index (χ0) is 27.2. The minimum Gasteiger partial charge on any atom is -0.350 e. The quantitative estimate of drug-likeness (QED) is 0.282. The third kappa shape index (κ3) is 5.65. The number of rotatable bonds is 10. The van der Waals surface area contributed by atoms with Crippen LogP contribution >= 0.6 is 11.6 Å². The summed E-state index contributed by atoms with van der Waals surface area (Å²) >= 11 is 6.32. The summed E-state index contributed by atoms with van der Waals surface area (Å²) < 4.78 is 0. The zero-order valence-electron chi connectivity index (χ0n) is 21.9. The molecule has 1 heterocycles. The minimum absolute atomic E-state index is 0.0196. The molecular formula is C31H32ClN3O3. The lowest BCUT2D eigenvalue weighted by molar-refractivity contribution is -0.120. The maximum Gasteiger partial charge on any atom is 0.283 e. The molecule has 6 nitrogen and oxygen atoms in total. The Hall–Kier alpha value is -3.90. The van der Waals surface area contributed by atoms with E-state index < -0.39 is 11.8 Å². The van der Waals surface area contributed by atoms with Gasteiger partial charge in [0.1, 0.15) is 10.7 Å². The van der Waals surface area contributed by atoms with Crippen LogP contribution in [0.15, 0.2) is 77.5 Å². The second-order valence-corrected chi connectivity index (χ2v) is 9.60. The van der Waals surface area contributed by atoms with Crippen molar-refractivity contribution >= 4 is 46.4 Å². The topological polar surface area (TPSA) is 78.5 Å². The van der Waals surface area contributed by atoms with Gasteiger partial charge in [-0.15, -0.1) is 0 Å². The monoisotopic (exact) mass is 529 g/mol. The molecule has 4 rings (SSSR count). The van der Waals surface area contributed by atoms with Gasteiger partial charge in [-0.2, -0.15) is 0 Å². The summed E-state index contributed by atoms with van der Waals surface area (Å²) in [6.07, 6.45) is 4.70. The molecule has 0 bridgehead atoms. The first kappa shape index (κ1) is 27.1. The van der Waals surface area contributed by atoms with Crippen molar-refractivity contribution in [3.05, 3.63) is 99.7 Å². The van der Waals surface area contributed by atoms with Gasteiger partial charge in [-0.25, -0.2) is 4.90 Å². The van der Waals surface area contributed by atoms with Gasteiger partial charge in [-0.3, -0.25) is 14.4 Å². The van der Waals surface area contributed by atoms with Crippen molar-refractivity contribution in [2.75, 3.05) is 15.5 Å². The smallest absolute Gasteiger partial charge is 0.283 e. The second-order valence-electron chi connectivity index (χ2n) is 9.22. The number of carbonyl (C=O) groups excluding carboxylic acids is 3. The first-order valence-electron chi connectivity index (χ1n) is 13.0. The fourth-order valence-electron chi connectivity index (χ4n) is 4.51. The van der Waals surface area contributed by atoms with Gasteiger partial charge in [0.2, 0.25) is 0 Å². The number of hydrogen-bond donors (Lipinski definition) is 2. The predicted octanol–water partition coefficient (Wildman–Crippen LogP) is 6.84. The number of para-hydroxylation sites is 1. The van der Waals surface area contributed by atoms with Crippen LogP contribution in [0.3, 0.4) is 0 Å². The maximum atomic E-state index is 13.2. The highest BCUT2D eigenvalue weighted by molar-refractivity contribution is 6.53. The molecule has 196 valence electrons. The van der Waals surface area contributed by atoms with E-state index in [0.717, 1.165) is 59.4 Å². The molecule has 7 heteroatoms. The Morgan fingerprint density at radius 1 is 0.868 bits per heavy atom. The van der Waals surface area contributed by atoms with Crippen LogP contribution in [0.5, 0.6) is 0 Å². The van der Waals surface area contributed by atoms with Gasteiger partial charge in [-0.1, -0.05) is 75.2 Å². The second kappa shape index (κ2) is 12.1. The molecule has 0 unspecified atom stereocenters. The largest absolute Gasteiger partial charge is 0.350 e. The van der Waals surface area contributed by atoms with E-state index in [9.17, 15) is 14.4 Å². The Morgan fingerprint density at radius 3 is 2.16 bits per heavy atom. The highest BCUT2D eigenvalue weighted by Crippen LogP contribution is 2.31. The van der Waals surface area contributed by atoms with E-state index in [4.69, 9.17) is 11.6 Å². The van der Waals surface area contributed by atoms with Crippen LogP contribution in [-0.4, -0.2) is 17.7 Å². The van der Waals surface area contributed by atoms with Gasteiger partial charge < -0.3 is 10.6 Å². The third-order valence-electron chi connectivity index (χ3n) is 6.67. The van der Waals surface area contributed by atoms with Crippen molar-refractivity contribution in [3.8, 4) is 0 Å². The highest BCUT2D eigenvalue weighted by Gasteiger charge is 2.39. The Morgan fingerprint density at radius 2 is 1.53 bits per heavy atom. The number of hydrogen-bond acceptors (Lipinski definition) is 4. The molecule has 0 aliphatic carbocycles. The van der Waals surface area contributed by atoms with Crippen LogP contribution in [0, 0.1) is 0 Å². The van der Waals surface area contributed by atoms with E-state index in [0.29, 0.717) is 16.9 Å². The van der Waals surface area contributed by atoms with Crippen molar-refractivity contribution in [2.24, 2.45) is 0 Å². The van der Waals surface area contributed by atoms with Crippen LogP contribution < -0.4 is 15.5 Å². The van der Waals surface area contributed by atoms with Crippen LogP contribution in [-0.2, 0) is 28.9 Å². The first-order chi connectivity index (χ1) is 18.4. The van der Waals surface area contributed by atoms with E-state index in [2.05, 4.69) is 31.4 Å². The molecule has 3 aromatic rings. The van der Waals surface area contributed by atoms with E-state index in [-0.39, 0.29) is 16.6 Å². The Bertz CT molecular complexity index is 1370. The normalized spacial score (nSPS) is 13.3. The Kier molecular flexibility index (Phi) is 8.64. The molecule has 1 aliphatic rings. The van der Waals surface area contributed by atoms with Crippen LogP contribution in [0.25, 0.3) is 0 Å². The number of amides is 3. The van der Waals surface area contributed by atoms with E-state index in [1.165, 1.54) is 0 Å². The van der Waals surface area contributed by atoms with Crippen molar-refractivity contribution in [1.29, 1.82) is 0 Å². The average Bonchev–Trinajstić information content (AvgIpc) is 3.15. The summed E-state index contributed by atoms with van der Waals surface area (Å²) in [5.74, 6) is -1.39. The molecule has 0 radical (unpaired) electrons. The van der Waals surface area contributed by atoms with Gasteiger partial charge in [0, 0.05) is 16.9 Å². The molecule has 2 N–H and O–H groups in total. The lowest BCUT2D eigenvalue weighted by atomic mass is 10.0. The zero-order valence-corrected chi connectivity index (χ0v) is 22.7. The molecule has 0 spiro atoms.